The molecule has 0 aliphatic carbocycles. The van der Waals surface area contributed by atoms with Crippen molar-refractivity contribution >= 4 is 17.3 Å². The van der Waals surface area contributed by atoms with E-state index in [-0.39, 0.29) is 6.04 Å². The van der Waals surface area contributed by atoms with Gasteiger partial charge < -0.3 is 11.1 Å². The Morgan fingerprint density at radius 1 is 1.22 bits per heavy atom. The molecule has 0 aliphatic heterocycles. The van der Waals surface area contributed by atoms with Crippen LogP contribution >= 0.6 is 11.6 Å². The molecule has 4 N–H and O–H groups in total. The zero-order valence-corrected chi connectivity index (χ0v) is 13.2. The van der Waals surface area contributed by atoms with E-state index < -0.39 is 0 Å². The first kappa shape index (κ1) is 15.5. The number of aromatic nitrogens is 4. The lowest BCUT2D eigenvalue weighted by atomic mass is 10.1. The number of pyridine rings is 1. The molecule has 3 aromatic rings. The van der Waals surface area contributed by atoms with E-state index in [1.807, 2.05) is 36.4 Å². The maximum atomic E-state index is 5.92. The molecule has 118 valence electrons. The molecule has 3 rings (SSSR count). The van der Waals surface area contributed by atoms with Crippen molar-refractivity contribution in [2.75, 3.05) is 11.9 Å². The summed E-state index contributed by atoms with van der Waals surface area (Å²) in [5.41, 5.74) is 7.56. The molecule has 1 unspecified atom stereocenters. The molecule has 1 atom stereocenters. The molecule has 0 saturated heterocycles. The lowest BCUT2D eigenvalue weighted by Gasteiger charge is -2.16. The van der Waals surface area contributed by atoms with Gasteiger partial charge in [-0.3, -0.25) is 5.10 Å². The lowest BCUT2D eigenvalue weighted by molar-refractivity contribution is 0.663. The van der Waals surface area contributed by atoms with Gasteiger partial charge in [-0.2, -0.15) is 5.10 Å². The van der Waals surface area contributed by atoms with E-state index in [4.69, 9.17) is 17.3 Å². The quantitative estimate of drug-likeness (QED) is 0.605. The van der Waals surface area contributed by atoms with Crippen LogP contribution in [-0.4, -0.2) is 26.7 Å². The van der Waals surface area contributed by atoms with Gasteiger partial charge in [0.2, 0.25) is 0 Å². The van der Waals surface area contributed by atoms with Gasteiger partial charge in [-0.1, -0.05) is 29.8 Å². The highest BCUT2D eigenvalue weighted by atomic mass is 35.5. The number of H-pyrrole nitrogens is 1. The fourth-order valence-corrected chi connectivity index (χ4v) is 2.45. The van der Waals surface area contributed by atoms with Crippen LogP contribution in [0.5, 0.6) is 0 Å². The summed E-state index contributed by atoms with van der Waals surface area (Å²) in [7, 11) is 0. The van der Waals surface area contributed by atoms with Gasteiger partial charge in [0.25, 0.3) is 0 Å². The standard InChI is InChI=1S/C16H17ClN6/c17-14-10-11(7-9-19-14)15-21-16(23-22-15)13(6-8-18)20-12-4-2-1-3-5-12/h1-5,7,9-10,13,20H,6,8,18H2,(H,21,22,23). The highest BCUT2D eigenvalue weighted by Gasteiger charge is 2.16. The molecule has 23 heavy (non-hydrogen) atoms. The molecule has 7 heteroatoms. The van der Waals surface area contributed by atoms with Crippen molar-refractivity contribution in [3.8, 4) is 11.4 Å². The van der Waals surface area contributed by atoms with Crippen molar-refractivity contribution < 1.29 is 0 Å². The van der Waals surface area contributed by atoms with Crippen LogP contribution in [0.1, 0.15) is 18.3 Å². The summed E-state index contributed by atoms with van der Waals surface area (Å²) in [4.78, 5) is 8.53. The molecule has 6 nitrogen and oxygen atoms in total. The van der Waals surface area contributed by atoms with Crippen molar-refractivity contribution in [1.29, 1.82) is 0 Å². The lowest BCUT2D eigenvalue weighted by Crippen LogP contribution is -2.16. The summed E-state index contributed by atoms with van der Waals surface area (Å²) < 4.78 is 0. The minimum atomic E-state index is -0.0408. The third-order valence-electron chi connectivity index (χ3n) is 3.39. The predicted octanol–water partition coefficient (Wildman–Crippen LogP) is 3.02. The second-order valence-electron chi connectivity index (χ2n) is 5.05. The fraction of sp³-hybridized carbons (Fsp3) is 0.188. The molecular formula is C16H17ClN6. The highest BCUT2D eigenvalue weighted by Crippen LogP contribution is 2.23. The topological polar surface area (TPSA) is 92.5 Å². The summed E-state index contributed by atoms with van der Waals surface area (Å²) in [5.74, 6) is 1.32. The van der Waals surface area contributed by atoms with Gasteiger partial charge in [0.15, 0.2) is 5.82 Å². The molecule has 2 aromatic heterocycles. The van der Waals surface area contributed by atoms with Crippen LogP contribution in [-0.2, 0) is 0 Å². The maximum Gasteiger partial charge on any atom is 0.181 e. The summed E-state index contributed by atoms with van der Waals surface area (Å²) in [6.07, 6.45) is 2.37. The Balaban J connectivity index is 1.83. The molecule has 0 radical (unpaired) electrons. The Bertz CT molecular complexity index is 758. The molecule has 2 heterocycles. The van der Waals surface area contributed by atoms with Crippen LogP contribution < -0.4 is 11.1 Å². The van der Waals surface area contributed by atoms with Gasteiger partial charge in [-0.15, -0.1) is 0 Å². The number of hydrogen-bond acceptors (Lipinski definition) is 5. The zero-order valence-electron chi connectivity index (χ0n) is 12.4. The Morgan fingerprint density at radius 2 is 2.04 bits per heavy atom. The van der Waals surface area contributed by atoms with Crippen molar-refractivity contribution in [1.82, 2.24) is 20.2 Å². The van der Waals surface area contributed by atoms with Crippen molar-refractivity contribution in [3.63, 3.8) is 0 Å². The van der Waals surface area contributed by atoms with Crippen LogP contribution in [0.2, 0.25) is 5.15 Å². The number of hydrogen-bond donors (Lipinski definition) is 3. The van der Waals surface area contributed by atoms with E-state index in [1.54, 1.807) is 12.3 Å². The molecule has 0 bridgehead atoms. The van der Waals surface area contributed by atoms with E-state index in [2.05, 4.69) is 25.5 Å². The number of halogens is 1. The van der Waals surface area contributed by atoms with Crippen molar-refractivity contribution in [3.05, 3.63) is 59.6 Å². The van der Waals surface area contributed by atoms with Crippen LogP contribution in [0.3, 0.4) is 0 Å². The van der Waals surface area contributed by atoms with Crippen LogP contribution in [0.25, 0.3) is 11.4 Å². The number of aromatic amines is 1. The number of nitrogens with one attached hydrogen (secondary N) is 2. The number of nitrogens with zero attached hydrogens (tertiary/aromatic N) is 3. The second-order valence-corrected chi connectivity index (χ2v) is 5.44. The van der Waals surface area contributed by atoms with Crippen LogP contribution in [0.4, 0.5) is 5.69 Å². The minimum absolute atomic E-state index is 0.0408. The number of nitrogens with two attached hydrogens (primary N) is 1. The third-order valence-corrected chi connectivity index (χ3v) is 3.59. The first-order chi connectivity index (χ1) is 11.3. The number of benzene rings is 1. The van der Waals surface area contributed by atoms with E-state index in [1.165, 1.54) is 0 Å². The zero-order chi connectivity index (χ0) is 16.1. The molecule has 0 saturated carbocycles. The SMILES string of the molecule is NCCC(Nc1ccccc1)c1nc(-c2ccnc(Cl)c2)n[nH]1. The van der Waals surface area contributed by atoms with E-state index >= 15 is 0 Å². The first-order valence-corrected chi connectivity index (χ1v) is 7.70. The van der Waals surface area contributed by atoms with Gasteiger partial charge in [0.1, 0.15) is 11.0 Å². The summed E-state index contributed by atoms with van der Waals surface area (Å²) in [5, 5.41) is 11.1. The van der Waals surface area contributed by atoms with Gasteiger partial charge in [-0.25, -0.2) is 9.97 Å². The average Bonchev–Trinajstić information content (AvgIpc) is 3.05. The van der Waals surface area contributed by atoms with Crippen molar-refractivity contribution in [2.45, 2.75) is 12.5 Å². The Labute approximate surface area is 139 Å². The Kier molecular flexibility index (Phi) is 4.85. The van der Waals surface area contributed by atoms with Gasteiger partial charge in [-0.05, 0) is 37.2 Å². The summed E-state index contributed by atoms with van der Waals surface area (Å²) in [6, 6.07) is 13.5. The third kappa shape index (κ3) is 3.85. The number of para-hydroxylation sites is 1. The smallest absolute Gasteiger partial charge is 0.181 e. The van der Waals surface area contributed by atoms with E-state index in [0.717, 1.165) is 23.5 Å². The van der Waals surface area contributed by atoms with Crippen molar-refractivity contribution in [2.24, 2.45) is 5.73 Å². The summed E-state index contributed by atoms with van der Waals surface area (Å²) in [6.45, 7) is 0.543. The van der Waals surface area contributed by atoms with Crippen LogP contribution in [0.15, 0.2) is 48.7 Å². The monoisotopic (exact) mass is 328 g/mol. The molecule has 0 spiro atoms. The average molecular weight is 329 g/mol. The van der Waals surface area contributed by atoms with E-state index in [9.17, 15) is 0 Å². The first-order valence-electron chi connectivity index (χ1n) is 7.32. The van der Waals surface area contributed by atoms with Gasteiger partial charge in [0.05, 0.1) is 6.04 Å². The molecule has 0 aliphatic rings. The maximum absolute atomic E-state index is 5.92. The van der Waals surface area contributed by atoms with Gasteiger partial charge in [0, 0.05) is 17.4 Å². The predicted molar refractivity (Wildman–Crippen MR) is 91.1 cm³/mol. The Hall–Kier alpha value is -2.44. The number of anilines is 1. The van der Waals surface area contributed by atoms with Gasteiger partial charge >= 0.3 is 0 Å². The van der Waals surface area contributed by atoms with E-state index in [0.29, 0.717) is 17.5 Å². The minimum Gasteiger partial charge on any atom is -0.375 e. The fourth-order valence-electron chi connectivity index (χ4n) is 2.28. The van der Waals surface area contributed by atoms with Crippen LogP contribution in [0, 0.1) is 0 Å². The highest BCUT2D eigenvalue weighted by molar-refractivity contribution is 6.29. The molecule has 1 aromatic carbocycles. The molecule has 0 amide bonds. The number of rotatable bonds is 6. The molecule has 0 fully saturated rings. The normalized spacial score (nSPS) is 12.1. The molecular weight excluding hydrogens is 312 g/mol. The summed E-state index contributed by atoms with van der Waals surface area (Å²) >= 11 is 5.92. The largest absolute Gasteiger partial charge is 0.375 e. The second kappa shape index (κ2) is 7.21. The Morgan fingerprint density at radius 3 is 2.78 bits per heavy atom.